The number of esters is 1. The summed E-state index contributed by atoms with van der Waals surface area (Å²) in [5.74, 6) is -0.617. The third kappa shape index (κ3) is 5.75. The smallest absolute Gasteiger partial charge is 0.305 e. The van der Waals surface area contributed by atoms with Crippen molar-refractivity contribution in [1.29, 1.82) is 0 Å². The first-order valence-electron chi connectivity index (χ1n) is 5.22. The summed E-state index contributed by atoms with van der Waals surface area (Å²) in [4.78, 5) is 14.7. The Morgan fingerprint density at radius 2 is 2.26 bits per heavy atom. The summed E-state index contributed by atoms with van der Waals surface area (Å²) < 4.78 is 30.7. The molecule has 1 aromatic rings. The Kier molecular flexibility index (Phi) is 6.02. The number of carbonyl (C=O) groups is 1. The van der Waals surface area contributed by atoms with Gasteiger partial charge < -0.3 is 4.74 Å². The van der Waals surface area contributed by atoms with E-state index in [1.54, 1.807) is 0 Å². The molecule has 1 rings (SSSR count). The first kappa shape index (κ1) is 16.2. The van der Waals surface area contributed by atoms with E-state index in [-0.39, 0.29) is 23.7 Å². The summed E-state index contributed by atoms with van der Waals surface area (Å²) in [6.07, 6.45) is 1.55. The van der Waals surface area contributed by atoms with Crippen LogP contribution < -0.4 is 4.72 Å². The Bertz CT molecular complexity index is 565. The first-order chi connectivity index (χ1) is 8.84. The molecule has 0 atom stereocenters. The molecule has 1 N–H and O–H groups in total. The molecule has 0 aliphatic rings. The van der Waals surface area contributed by atoms with Crippen LogP contribution in [0.3, 0.4) is 0 Å². The predicted molar refractivity (Wildman–Crippen MR) is 75.6 cm³/mol. The number of halogens is 2. The van der Waals surface area contributed by atoms with Crippen LogP contribution in [0.5, 0.6) is 0 Å². The molecule has 0 unspecified atom stereocenters. The van der Waals surface area contributed by atoms with E-state index < -0.39 is 16.0 Å². The highest BCUT2D eigenvalue weighted by molar-refractivity contribution is 9.10. The van der Waals surface area contributed by atoms with Gasteiger partial charge in [-0.25, -0.2) is 13.4 Å². The zero-order valence-electron chi connectivity index (χ0n) is 10.0. The average molecular weight is 372 g/mol. The van der Waals surface area contributed by atoms with E-state index in [2.05, 4.69) is 30.4 Å². The molecule has 0 aliphatic heterocycles. The maximum absolute atomic E-state index is 11.7. The first-order valence-corrected chi connectivity index (χ1v) is 8.05. The van der Waals surface area contributed by atoms with Crippen LogP contribution >= 0.6 is 27.5 Å². The molecule has 0 aliphatic carbocycles. The Morgan fingerprint density at radius 3 is 2.84 bits per heavy atom. The fourth-order valence-corrected chi connectivity index (χ4v) is 2.77. The predicted octanol–water partition coefficient (Wildman–Crippen LogP) is 2.19. The number of sulfonamides is 1. The summed E-state index contributed by atoms with van der Waals surface area (Å²) in [5.41, 5.74) is 0.300. The van der Waals surface area contributed by atoms with Crippen molar-refractivity contribution >= 4 is 49.2 Å². The largest absolute Gasteiger partial charge is 0.469 e. The van der Waals surface area contributed by atoms with Gasteiger partial charge >= 0.3 is 5.97 Å². The zero-order valence-corrected chi connectivity index (χ0v) is 13.2. The number of rotatable bonds is 6. The van der Waals surface area contributed by atoms with Gasteiger partial charge in [0.2, 0.25) is 10.0 Å². The second kappa shape index (κ2) is 7.06. The van der Waals surface area contributed by atoms with Crippen molar-refractivity contribution in [1.82, 2.24) is 4.98 Å². The van der Waals surface area contributed by atoms with Gasteiger partial charge in [0.25, 0.3) is 0 Å². The molecule has 0 spiro atoms. The lowest BCUT2D eigenvalue weighted by Gasteiger charge is -2.08. The van der Waals surface area contributed by atoms with Crippen molar-refractivity contribution in [3.8, 4) is 0 Å². The zero-order chi connectivity index (χ0) is 14.5. The van der Waals surface area contributed by atoms with Gasteiger partial charge in [-0.05, 0) is 28.4 Å². The number of hydrogen-bond acceptors (Lipinski definition) is 5. The molecule has 9 heteroatoms. The topological polar surface area (TPSA) is 85.4 Å². The quantitative estimate of drug-likeness (QED) is 0.612. The molecular weight excluding hydrogens is 360 g/mol. The lowest BCUT2D eigenvalue weighted by Crippen LogP contribution is -2.17. The monoisotopic (exact) mass is 370 g/mol. The highest BCUT2D eigenvalue weighted by Crippen LogP contribution is 2.23. The standard InChI is InChI=1S/C10H12BrClN2O4S/c1-18-9(15)3-2-4-19(16,17)14-7-5-8(11)10(12)13-6-7/h5-6,14H,2-4H2,1H3. The number of aromatic nitrogens is 1. The molecule has 0 amide bonds. The number of pyridine rings is 1. The summed E-state index contributed by atoms with van der Waals surface area (Å²) in [7, 11) is -2.27. The van der Waals surface area contributed by atoms with Crippen molar-refractivity contribution in [3.63, 3.8) is 0 Å². The maximum Gasteiger partial charge on any atom is 0.305 e. The molecular formula is C10H12BrClN2O4S. The van der Waals surface area contributed by atoms with Crippen LogP contribution in [0.15, 0.2) is 16.7 Å². The number of anilines is 1. The summed E-state index contributed by atoms with van der Waals surface area (Å²) in [5, 5.41) is 0.244. The SMILES string of the molecule is COC(=O)CCCS(=O)(=O)Nc1cnc(Cl)c(Br)c1. The van der Waals surface area contributed by atoms with Gasteiger partial charge in [-0.1, -0.05) is 11.6 Å². The summed E-state index contributed by atoms with van der Waals surface area (Å²) >= 11 is 8.84. The molecule has 0 saturated carbocycles. The minimum Gasteiger partial charge on any atom is -0.469 e. The van der Waals surface area contributed by atoms with Crippen molar-refractivity contribution in [2.75, 3.05) is 17.6 Å². The molecule has 6 nitrogen and oxygen atoms in total. The van der Waals surface area contributed by atoms with E-state index in [1.807, 2.05) is 0 Å². The van der Waals surface area contributed by atoms with Crippen LogP contribution in [0.1, 0.15) is 12.8 Å². The van der Waals surface area contributed by atoms with Crippen LogP contribution in [-0.2, 0) is 19.6 Å². The van der Waals surface area contributed by atoms with Crippen LogP contribution in [0.4, 0.5) is 5.69 Å². The normalized spacial score (nSPS) is 11.1. The van der Waals surface area contributed by atoms with E-state index in [9.17, 15) is 13.2 Å². The molecule has 0 fully saturated rings. The van der Waals surface area contributed by atoms with Gasteiger partial charge in [-0.3, -0.25) is 9.52 Å². The van der Waals surface area contributed by atoms with Crippen LogP contribution in [0.2, 0.25) is 5.15 Å². The van der Waals surface area contributed by atoms with Gasteiger partial charge in [-0.2, -0.15) is 0 Å². The van der Waals surface area contributed by atoms with Crippen LogP contribution in [0.25, 0.3) is 0 Å². The Balaban J connectivity index is 2.59. The van der Waals surface area contributed by atoms with E-state index in [0.29, 0.717) is 10.2 Å². The molecule has 19 heavy (non-hydrogen) atoms. The van der Waals surface area contributed by atoms with Crippen molar-refractivity contribution in [2.24, 2.45) is 0 Å². The van der Waals surface area contributed by atoms with Gasteiger partial charge in [0.1, 0.15) is 5.15 Å². The molecule has 0 radical (unpaired) electrons. The van der Waals surface area contributed by atoms with Gasteiger partial charge in [-0.15, -0.1) is 0 Å². The number of carbonyl (C=O) groups excluding carboxylic acids is 1. The summed E-state index contributed by atoms with van der Waals surface area (Å²) in [6, 6.07) is 1.51. The van der Waals surface area contributed by atoms with Gasteiger partial charge in [0.15, 0.2) is 0 Å². The second-order valence-electron chi connectivity index (χ2n) is 3.60. The highest BCUT2D eigenvalue weighted by atomic mass is 79.9. The van der Waals surface area contributed by atoms with Crippen LogP contribution in [-0.4, -0.2) is 32.2 Å². The Labute approximate surface area is 124 Å². The Morgan fingerprint density at radius 1 is 1.58 bits per heavy atom. The number of nitrogens with zero attached hydrogens (tertiary/aromatic N) is 1. The van der Waals surface area contributed by atoms with Crippen molar-refractivity contribution in [2.45, 2.75) is 12.8 Å². The molecule has 0 bridgehead atoms. The van der Waals surface area contributed by atoms with Gasteiger partial charge in [0.05, 0.1) is 29.2 Å². The average Bonchev–Trinajstić information content (AvgIpc) is 2.33. The minimum absolute atomic E-state index is 0.0555. The summed E-state index contributed by atoms with van der Waals surface area (Å²) in [6.45, 7) is 0. The minimum atomic E-state index is -3.53. The lowest BCUT2D eigenvalue weighted by atomic mass is 10.3. The molecule has 1 aromatic heterocycles. The number of methoxy groups -OCH3 is 1. The number of nitrogens with one attached hydrogen (secondary N) is 1. The van der Waals surface area contributed by atoms with Crippen LogP contribution in [0, 0.1) is 0 Å². The molecule has 1 heterocycles. The number of ether oxygens (including phenoxy) is 1. The number of hydrogen-bond donors (Lipinski definition) is 1. The molecule has 106 valence electrons. The van der Waals surface area contributed by atoms with Gasteiger partial charge in [0, 0.05) is 6.42 Å². The maximum atomic E-state index is 11.7. The fraction of sp³-hybridized carbons (Fsp3) is 0.400. The fourth-order valence-electron chi connectivity index (χ4n) is 1.22. The van der Waals surface area contributed by atoms with E-state index >= 15 is 0 Å². The second-order valence-corrected chi connectivity index (χ2v) is 6.65. The third-order valence-corrected chi connectivity index (χ3v) is 4.60. The third-order valence-electron chi connectivity index (χ3n) is 2.09. The van der Waals surface area contributed by atoms with E-state index in [0.717, 1.165) is 0 Å². The van der Waals surface area contributed by atoms with Crippen molar-refractivity contribution in [3.05, 3.63) is 21.9 Å². The van der Waals surface area contributed by atoms with E-state index in [1.165, 1.54) is 19.4 Å². The molecule has 0 saturated heterocycles. The van der Waals surface area contributed by atoms with E-state index in [4.69, 9.17) is 11.6 Å². The highest BCUT2D eigenvalue weighted by Gasteiger charge is 2.13. The molecule has 0 aromatic carbocycles. The van der Waals surface area contributed by atoms with Crippen molar-refractivity contribution < 1.29 is 17.9 Å². The Hall–Kier alpha value is -0.860. The lowest BCUT2D eigenvalue weighted by molar-refractivity contribution is -0.140.